The lowest BCUT2D eigenvalue weighted by Gasteiger charge is -2.31. The van der Waals surface area contributed by atoms with Crippen molar-refractivity contribution in [3.05, 3.63) is 45.6 Å². The van der Waals surface area contributed by atoms with Crippen molar-refractivity contribution in [1.82, 2.24) is 9.62 Å². The van der Waals surface area contributed by atoms with Crippen LogP contribution in [-0.2, 0) is 16.6 Å². The summed E-state index contributed by atoms with van der Waals surface area (Å²) < 4.78 is 33.7. The van der Waals surface area contributed by atoms with Crippen LogP contribution in [0, 0.1) is 19.8 Å². The molecule has 0 unspecified atom stereocenters. The third-order valence-corrected chi connectivity index (χ3v) is 7.50. The molecule has 148 valence electrons. The number of likely N-dealkylation sites (tertiary alicyclic amines) is 1. The van der Waals surface area contributed by atoms with Crippen LogP contribution in [0.1, 0.15) is 29.5 Å². The first-order chi connectivity index (χ1) is 12.9. The molecular formula is C20H28N2O3S2. The highest BCUT2D eigenvalue weighted by Crippen LogP contribution is 2.27. The zero-order valence-corrected chi connectivity index (χ0v) is 17.8. The van der Waals surface area contributed by atoms with E-state index in [9.17, 15) is 8.42 Å². The lowest BCUT2D eigenvalue weighted by Crippen LogP contribution is -2.38. The summed E-state index contributed by atoms with van der Waals surface area (Å²) in [5.74, 6) is 0.771. The van der Waals surface area contributed by atoms with Crippen molar-refractivity contribution in [2.24, 2.45) is 5.92 Å². The lowest BCUT2D eigenvalue weighted by atomic mass is 9.97. The van der Waals surface area contributed by atoms with Crippen LogP contribution in [0.15, 0.2) is 33.9 Å². The van der Waals surface area contributed by atoms with Gasteiger partial charge in [0.2, 0.25) is 10.0 Å². The molecule has 0 saturated carbocycles. The molecule has 0 spiro atoms. The second-order valence-electron chi connectivity index (χ2n) is 7.29. The quantitative estimate of drug-likeness (QED) is 0.761. The maximum atomic E-state index is 12.8. The third kappa shape index (κ3) is 5.10. The molecule has 0 bridgehead atoms. The summed E-state index contributed by atoms with van der Waals surface area (Å²) in [4.78, 5) is 2.67. The predicted octanol–water partition coefficient (Wildman–Crippen LogP) is 3.56. The Morgan fingerprint density at radius 1 is 1.22 bits per heavy atom. The van der Waals surface area contributed by atoms with Gasteiger partial charge >= 0.3 is 0 Å². The molecule has 1 aromatic carbocycles. The molecule has 1 aromatic heterocycles. The summed E-state index contributed by atoms with van der Waals surface area (Å²) in [5, 5.41) is 4.30. The van der Waals surface area contributed by atoms with Gasteiger partial charge < -0.3 is 4.74 Å². The van der Waals surface area contributed by atoms with E-state index in [0.29, 0.717) is 18.2 Å². The molecule has 5 nitrogen and oxygen atoms in total. The Bertz CT molecular complexity index is 856. The number of piperidine rings is 1. The fourth-order valence-electron chi connectivity index (χ4n) is 3.43. The molecule has 1 aliphatic rings. The van der Waals surface area contributed by atoms with Gasteiger partial charge in [-0.15, -0.1) is 0 Å². The second kappa shape index (κ2) is 8.73. The van der Waals surface area contributed by atoms with E-state index in [4.69, 9.17) is 4.74 Å². The molecule has 0 amide bonds. The van der Waals surface area contributed by atoms with Crippen LogP contribution in [0.3, 0.4) is 0 Å². The Labute approximate surface area is 166 Å². The van der Waals surface area contributed by atoms with E-state index in [1.807, 2.05) is 13.8 Å². The van der Waals surface area contributed by atoms with Crippen LogP contribution in [0.5, 0.6) is 5.75 Å². The van der Waals surface area contributed by atoms with Gasteiger partial charge in [0, 0.05) is 13.1 Å². The summed E-state index contributed by atoms with van der Waals surface area (Å²) in [6.45, 7) is 7.35. The monoisotopic (exact) mass is 408 g/mol. The molecule has 1 fully saturated rings. The van der Waals surface area contributed by atoms with E-state index in [1.165, 1.54) is 12.7 Å². The van der Waals surface area contributed by atoms with E-state index in [0.717, 1.165) is 43.6 Å². The van der Waals surface area contributed by atoms with Crippen molar-refractivity contribution in [3.8, 4) is 5.75 Å². The van der Waals surface area contributed by atoms with Crippen LogP contribution < -0.4 is 9.46 Å². The molecule has 0 radical (unpaired) electrons. The van der Waals surface area contributed by atoms with Gasteiger partial charge in [0.05, 0.1) is 7.11 Å². The molecule has 1 saturated heterocycles. The standard InChI is InChI=1S/C20H28N2O3S2/c1-15-10-19(25-3)20(11-16(15)2)27(23,24)21-12-17-4-7-22(8-5-17)13-18-6-9-26-14-18/h6,9-11,14,17,21H,4-5,7-8,12-13H2,1-3H3. The maximum Gasteiger partial charge on any atom is 0.244 e. The number of aryl methyl sites for hydroxylation is 2. The lowest BCUT2D eigenvalue weighted by molar-refractivity contribution is 0.178. The molecule has 2 aromatic rings. The first kappa shape index (κ1) is 20.3. The average Bonchev–Trinajstić information content (AvgIpc) is 3.16. The summed E-state index contributed by atoms with van der Waals surface area (Å²) in [6.07, 6.45) is 2.02. The molecular weight excluding hydrogens is 380 g/mol. The van der Waals surface area contributed by atoms with Crippen molar-refractivity contribution < 1.29 is 13.2 Å². The number of benzene rings is 1. The van der Waals surface area contributed by atoms with Crippen LogP contribution in [0.25, 0.3) is 0 Å². The molecule has 3 rings (SSSR count). The smallest absolute Gasteiger partial charge is 0.244 e. The Balaban J connectivity index is 1.56. The fourth-order valence-corrected chi connectivity index (χ4v) is 5.44. The predicted molar refractivity (Wildman–Crippen MR) is 110 cm³/mol. The minimum Gasteiger partial charge on any atom is -0.495 e. The van der Waals surface area contributed by atoms with Crippen molar-refractivity contribution in [3.63, 3.8) is 0 Å². The molecule has 1 aliphatic heterocycles. The number of hydrogen-bond donors (Lipinski definition) is 1. The van der Waals surface area contributed by atoms with Crippen molar-refractivity contribution in [1.29, 1.82) is 0 Å². The largest absolute Gasteiger partial charge is 0.495 e. The summed E-state index contributed by atoms with van der Waals surface area (Å²) >= 11 is 1.73. The molecule has 7 heteroatoms. The van der Waals surface area contributed by atoms with Gasteiger partial charge in [0.25, 0.3) is 0 Å². The second-order valence-corrected chi connectivity index (χ2v) is 9.81. The van der Waals surface area contributed by atoms with Gasteiger partial charge in [-0.1, -0.05) is 0 Å². The molecule has 27 heavy (non-hydrogen) atoms. The minimum absolute atomic E-state index is 0.225. The van der Waals surface area contributed by atoms with Gasteiger partial charge in [-0.05, 0) is 91.3 Å². The number of rotatable bonds is 7. The van der Waals surface area contributed by atoms with Gasteiger partial charge in [-0.3, -0.25) is 4.90 Å². The van der Waals surface area contributed by atoms with E-state index in [-0.39, 0.29) is 4.90 Å². The maximum absolute atomic E-state index is 12.8. The fraction of sp³-hybridized carbons (Fsp3) is 0.500. The van der Waals surface area contributed by atoms with E-state index >= 15 is 0 Å². The number of thiophene rings is 1. The van der Waals surface area contributed by atoms with E-state index < -0.39 is 10.0 Å². The zero-order chi connectivity index (χ0) is 19.4. The molecule has 2 heterocycles. The van der Waals surface area contributed by atoms with Crippen LogP contribution >= 0.6 is 11.3 Å². The van der Waals surface area contributed by atoms with E-state index in [1.54, 1.807) is 23.5 Å². The zero-order valence-electron chi connectivity index (χ0n) is 16.2. The normalized spacial score (nSPS) is 16.6. The highest BCUT2D eigenvalue weighted by molar-refractivity contribution is 7.89. The van der Waals surface area contributed by atoms with Gasteiger partial charge in [0.1, 0.15) is 10.6 Å². The van der Waals surface area contributed by atoms with Crippen LogP contribution in [-0.4, -0.2) is 40.1 Å². The minimum atomic E-state index is -3.58. The number of methoxy groups -OCH3 is 1. The third-order valence-electron chi connectivity index (χ3n) is 5.32. The van der Waals surface area contributed by atoms with Gasteiger partial charge in [0.15, 0.2) is 0 Å². The first-order valence-electron chi connectivity index (χ1n) is 9.27. The molecule has 0 atom stereocenters. The number of sulfonamides is 1. The summed E-state index contributed by atoms with van der Waals surface area (Å²) in [7, 11) is -2.08. The van der Waals surface area contributed by atoms with Crippen LogP contribution in [0.4, 0.5) is 0 Å². The Morgan fingerprint density at radius 3 is 2.56 bits per heavy atom. The topological polar surface area (TPSA) is 58.6 Å². The number of nitrogens with one attached hydrogen (secondary N) is 1. The van der Waals surface area contributed by atoms with E-state index in [2.05, 4.69) is 26.4 Å². The SMILES string of the molecule is COc1cc(C)c(C)cc1S(=O)(=O)NCC1CCN(Cc2ccsc2)CC1. The highest BCUT2D eigenvalue weighted by Gasteiger charge is 2.24. The van der Waals surface area contributed by atoms with Crippen molar-refractivity contribution in [2.75, 3.05) is 26.7 Å². The number of nitrogens with zero attached hydrogens (tertiary/aromatic N) is 1. The van der Waals surface area contributed by atoms with Crippen molar-refractivity contribution in [2.45, 2.75) is 38.1 Å². The highest BCUT2D eigenvalue weighted by atomic mass is 32.2. The van der Waals surface area contributed by atoms with Crippen LogP contribution in [0.2, 0.25) is 0 Å². The van der Waals surface area contributed by atoms with Gasteiger partial charge in [-0.25, -0.2) is 13.1 Å². The molecule has 0 aliphatic carbocycles. The summed E-state index contributed by atoms with van der Waals surface area (Å²) in [6, 6.07) is 5.65. The number of ether oxygens (including phenoxy) is 1. The van der Waals surface area contributed by atoms with Crippen molar-refractivity contribution >= 4 is 21.4 Å². The first-order valence-corrected chi connectivity index (χ1v) is 11.7. The number of hydrogen-bond acceptors (Lipinski definition) is 5. The Morgan fingerprint density at radius 2 is 1.93 bits per heavy atom. The summed E-state index contributed by atoms with van der Waals surface area (Å²) in [5.41, 5.74) is 3.32. The molecule has 1 N–H and O–H groups in total. The Kier molecular flexibility index (Phi) is 6.57. The average molecular weight is 409 g/mol. The van der Waals surface area contributed by atoms with Gasteiger partial charge in [-0.2, -0.15) is 11.3 Å². The Hall–Kier alpha value is -1.41.